The summed E-state index contributed by atoms with van der Waals surface area (Å²) in [6.07, 6.45) is 1.31. The molecule has 0 unspecified atom stereocenters. The van der Waals surface area contributed by atoms with Gasteiger partial charge in [-0.3, -0.25) is 4.68 Å². The first-order chi connectivity index (χ1) is 12.5. The van der Waals surface area contributed by atoms with E-state index < -0.39 is 20.0 Å². The van der Waals surface area contributed by atoms with Gasteiger partial charge in [0.1, 0.15) is 9.79 Å². The maximum atomic E-state index is 12.8. The van der Waals surface area contributed by atoms with Crippen LogP contribution in [0.1, 0.15) is 5.69 Å². The van der Waals surface area contributed by atoms with Crippen LogP contribution in [0, 0.1) is 6.92 Å². The first kappa shape index (κ1) is 20.6. The number of halogens is 2. The Kier molecular flexibility index (Phi) is 5.59. The number of aryl methyl sites for hydroxylation is 1. The molecule has 12 heteroatoms. The second-order valence-electron chi connectivity index (χ2n) is 6.10. The van der Waals surface area contributed by atoms with Crippen LogP contribution in [0.5, 0.6) is 0 Å². The number of hydrogen-bond acceptors (Lipinski definition) is 5. The summed E-state index contributed by atoms with van der Waals surface area (Å²) in [5.41, 5.74) is 0.524. The third-order valence-electron chi connectivity index (χ3n) is 4.52. The zero-order valence-electron chi connectivity index (χ0n) is 14.6. The van der Waals surface area contributed by atoms with Crippen LogP contribution in [0.2, 0.25) is 10.0 Å². The molecule has 2 heterocycles. The summed E-state index contributed by atoms with van der Waals surface area (Å²) in [5, 5.41) is 4.29. The molecule has 1 saturated heterocycles. The van der Waals surface area contributed by atoms with Crippen molar-refractivity contribution < 1.29 is 16.8 Å². The molecule has 0 saturated carbocycles. The molecular formula is C15H18Cl2N4O4S2. The van der Waals surface area contributed by atoms with Gasteiger partial charge in [-0.05, 0) is 25.1 Å². The second kappa shape index (κ2) is 7.34. The average Bonchev–Trinajstić information content (AvgIpc) is 2.97. The number of piperazine rings is 1. The first-order valence-electron chi connectivity index (χ1n) is 7.99. The zero-order valence-corrected chi connectivity index (χ0v) is 17.8. The largest absolute Gasteiger partial charge is 0.272 e. The number of rotatable bonds is 4. The highest BCUT2D eigenvalue weighted by molar-refractivity contribution is 7.89. The van der Waals surface area contributed by atoms with E-state index in [-0.39, 0.29) is 46.0 Å². The van der Waals surface area contributed by atoms with Crippen molar-refractivity contribution in [2.45, 2.75) is 16.7 Å². The number of benzene rings is 1. The predicted molar refractivity (Wildman–Crippen MR) is 102 cm³/mol. The maximum absolute atomic E-state index is 12.8. The molecule has 3 rings (SSSR count). The molecule has 1 aliphatic heterocycles. The second-order valence-corrected chi connectivity index (χ2v) is 10.8. The van der Waals surface area contributed by atoms with E-state index >= 15 is 0 Å². The van der Waals surface area contributed by atoms with E-state index in [2.05, 4.69) is 5.10 Å². The summed E-state index contributed by atoms with van der Waals surface area (Å²) in [6, 6.07) is 4.22. The van der Waals surface area contributed by atoms with Gasteiger partial charge in [-0.15, -0.1) is 0 Å². The Morgan fingerprint density at radius 2 is 1.44 bits per heavy atom. The van der Waals surface area contributed by atoms with Gasteiger partial charge in [0.05, 0.1) is 16.9 Å². The van der Waals surface area contributed by atoms with Crippen LogP contribution in [0.15, 0.2) is 34.2 Å². The minimum atomic E-state index is -3.87. The molecule has 1 aliphatic rings. The van der Waals surface area contributed by atoms with Crippen molar-refractivity contribution in [1.29, 1.82) is 0 Å². The van der Waals surface area contributed by atoms with Crippen molar-refractivity contribution in [3.05, 3.63) is 40.1 Å². The van der Waals surface area contributed by atoms with Crippen molar-refractivity contribution in [1.82, 2.24) is 18.4 Å². The van der Waals surface area contributed by atoms with Gasteiger partial charge < -0.3 is 0 Å². The molecule has 0 N–H and O–H groups in total. The van der Waals surface area contributed by atoms with E-state index in [1.54, 1.807) is 14.0 Å². The van der Waals surface area contributed by atoms with Gasteiger partial charge in [0.25, 0.3) is 0 Å². The molecular weight excluding hydrogens is 435 g/mol. The van der Waals surface area contributed by atoms with Gasteiger partial charge >= 0.3 is 0 Å². The summed E-state index contributed by atoms with van der Waals surface area (Å²) in [7, 11) is -5.95. The lowest BCUT2D eigenvalue weighted by Gasteiger charge is -2.33. The molecule has 148 valence electrons. The lowest BCUT2D eigenvalue weighted by Crippen LogP contribution is -2.50. The van der Waals surface area contributed by atoms with Crippen LogP contribution in [-0.2, 0) is 27.1 Å². The van der Waals surface area contributed by atoms with Crippen LogP contribution < -0.4 is 0 Å². The molecule has 1 fully saturated rings. The van der Waals surface area contributed by atoms with Crippen LogP contribution in [-0.4, -0.2) is 61.4 Å². The van der Waals surface area contributed by atoms with Gasteiger partial charge in [-0.1, -0.05) is 23.2 Å². The van der Waals surface area contributed by atoms with Crippen molar-refractivity contribution >= 4 is 43.2 Å². The van der Waals surface area contributed by atoms with Crippen LogP contribution >= 0.6 is 23.2 Å². The highest BCUT2D eigenvalue weighted by Crippen LogP contribution is 2.29. The summed E-state index contributed by atoms with van der Waals surface area (Å²) in [4.78, 5) is 0.0373. The average molecular weight is 453 g/mol. The Morgan fingerprint density at radius 1 is 0.926 bits per heavy atom. The summed E-state index contributed by atoms with van der Waals surface area (Å²) >= 11 is 11.9. The highest BCUT2D eigenvalue weighted by Gasteiger charge is 2.35. The molecule has 1 aromatic carbocycles. The smallest absolute Gasteiger partial charge is 0.246 e. The van der Waals surface area contributed by atoms with Crippen LogP contribution in [0.3, 0.4) is 0 Å². The maximum Gasteiger partial charge on any atom is 0.246 e. The van der Waals surface area contributed by atoms with Gasteiger partial charge in [0, 0.05) is 38.2 Å². The van der Waals surface area contributed by atoms with Crippen molar-refractivity contribution in [3.8, 4) is 0 Å². The zero-order chi connectivity index (χ0) is 20.0. The van der Waals surface area contributed by atoms with E-state index in [1.165, 1.54) is 37.7 Å². The molecule has 8 nitrogen and oxygen atoms in total. The number of sulfonamides is 2. The third kappa shape index (κ3) is 3.74. The molecule has 0 amide bonds. The third-order valence-corrected chi connectivity index (χ3v) is 9.13. The van der Waals surface area contributed by atoms with Crippen LogP contribution in [0.25, 0.3) is 0 Å². The van der Waals surface area contributed by atoms with E-state index in [0.29, 0.717) is 5.69 Å². The Balaban J connectivity index is 1.81. The SMILES string of the molecule is Cc1c(S(=O)(=O)N2CCN(S(=O)(=O)c3cc(Cl)ccc3Cl)CC2)cnn1C. The van der Waals surface area contributed by atoms with E-state index in [9.17, 15) is 16.8 Å². The topological polar surface area (TPSA) is 92.6 Å². The summed E-state index contributed by atoms with van der Waals surface area (Å²) < 4.78 is 55.3. The van der Waals surface area contributed by atoms with Gasteiger partial charge in [-0.2, -0.15) is 13.7 Å². The molecule has 0 bridgehead atoms. The lowest BCUT2D eigenvalue weighted by atomic mass is 10.4. The van der Waals surface area contributed by atoms with E-state index in [4.69, 9.17) is 23.2 Å². The Hall–Kier alpha value is -1.17. The van der Waals surface area contributed by atoms with Crippen molar-refractivity contribution in [2.75, 3.05) is 26.2 Å². The standard InChI is InChI=1S/C15H18Cl2N4O4S2/c1-11-15(10-18-19(11)2)27(24,25)21-7-5-20(6-8-21)26(22,23)14-9-12(16)3-4-13(14)17/h3-4,9-10H,5-8H2,1-2H3. The first-order valence-corrected chi connectivity index (χ1v) is 11.6. The molecule has 0 aliphatic carbocycles. The van der Waals surface area contributed by atoms with E-state index in [0.717, 1.165) is 0 Å². The molecule has 2 aromatic rings. The van der Waals surface area contributed by atoms with Gasteiger partial charge in [0.15, 0.2) is 0 Å². The fraction of sp³-hybridized carbons (Fsp3) is 0.400. The van der Waals surface area contributed by atoms with Crippen molar-refractivity contribution in [3.63, 3.8) is 0 Å². The molecule has 0 spiro atoms. The monoisotopic (exact) mass is 452 g/mol. The highest BCUT2D eigenvalue weighted by atomic mass is 35.5. The number of nitrogens with zero attached hydrogens (tertiary/aromatic N) is 4. The van der Waals surface area contributed by atoms with Gasteiger partial charge in [0.2, 0.25) is 20.0 Å². The van der Waals surface area contributed by atoms with E-state index in [1.807, 2.05) is 0 Å². The van der Waals surface area contributed by atoms with Crippen molar-refractivity contribution in [2.24, 2.45) is 7.05 Å². The lowest BCUT2D eigenvalue weighted by molar-refractivity contribution is 0.272. The Bertz CT molecular complexity index is 1080. The fourth-order valence-corrected chi connectivity index (χ4v) is 6.60. The van der Waals surface area contributed by atoms with Gasteiger partial charge in [-0.25, -0.2) is 16.8 Å². The minimum absolute atomic E-state index is 0.0176. The number of aromatic nitrogens is 2. The normalized spacial score (nSPS) is 17.3. The summed E-state index contributed by atoms with van der Waals surface area (Å²) in [6.45, 7) is 1.78. The Morgan fingerprint density at radius 3 is 1.93 bits per heavy atom. The molecule has 0 radical (unpaired) electrons. The molecule has 1 aromatic heterocycles. The molecule has 0 atom stereocenters. The van der Waals surface area contributed by atoms with Crippen LogP contribution in [0.4, 0.5) is 0 Å². The predicted octanol–water partition coefficient (Wildman–Crippen LogP) is 1.73. The molecule has 27 heavy (non-hydrogen) atoms. The Labute approximate surface area is 168 Å². The fourth-order valence-electron chi connectivity index (χ4n) is 2.84. The number of hydrogen-bond donors (Lipinski definition) is 0. The quantitative estimate of drug-likeness (QED) is 0.703. The minimum Gasteiger partial charge on any atom is -0.272 e. The summed E-state index contributed by atoms with van der Waals surface area (Å²) in [5.74, 6) is 0.